The summed E-state index contributed by atoms with van der Waals surface area (Å²) in [4.78, 5) is 25.8. The zero-order chi connectivity index (χ0) is 20.4. The number of rotatable bonds is 6. The Bertz CT molecular complexity index is 1060. The summed E-state index contributed by atoms with van der Waals surface area (Å²) in [6.45, 7) is 3.10. The molecule has 4 rings (SSSR count). The van der Waals surface area contributed by atoms with Gasteiger partial charge in [-0.15, -0.1) is 0 Å². The first-order valence-corrected chi connectivity index (χ1v) is 11.2. The molecule has 0 spiro atoms. The lowest BCUT2D eigenvalue weighted by atomic mass is 10.1. The topological polar surface area (TPSA) is 95.6 Å². The molecule has 2 aliphatic heterocycles. The Labute approximate surface area is 170 Å². The Kier molecular flexibility index (Phi) is 5.49. The molecule has 0 aliphatic carbocycles. The highest BCUT2D eigenvalue weighted by molar-refractivity contribution is 7.89. The van der Waals surface area contributed by atoms with E-state index in [9.17, 15) is 18.0 Å². The first-order chi connectivity index (χ1) is 13.9. The standard InChI is InChI=1S/C21H23N3O4S/c25-20-18-9-8-17(12-19(18)21(26)23-20)29(27,28)22-13-15-6-2-3-7-16(15)14-24-10-4-1-5-11-24/h2-3,6-9,12,22H,1,4-5,10-11,13-14H2,(H,23,25,26). The van der Waals surface area contributed by atoms with E-state index in [1.165, 1.54) is 37.5 Å². The fourth-order valence-electron chi connectivity index (χ4n) is 3.81. The lowest BCUT2D eigenvalue weighted by Gasteiger charge is -2.27. The second-order valence-corrected chi connectivity index (χ2v) is 9.19. The number of benzene rings is 2. The summed E-state index contributed by atoms with van der Waals surface area (Å²) in [6.07, 6.45) is 3.66. The zero-order valence-corrected chi connectivity index (χ0v) is 16.8. The zero-order valence-electron chi connectivity index (χ0n) is 16.0. The molecule has 2 aromatic rings. The van der Waals surface area contributed by atoms with Crippen LogP contribution in [0.25, 0.3) is 0 Å². The van der Waals surface area contributed by atoms with Crippen LogP contribution in [0.5, 0.6) is 0 Å². The number of likely N-dealkylation sites (tertiary alicyclic amines) is 1. The van der Waals surface area contributed by atoms with Crippen LogP contribution >= 0.6 is 0 Å². The van der Waals surface area contributed by atoms with Crippen LogP contribution in [0.3, 0.4) is 0 Å². The predicted octanol–water partition coefficient (Wildman–Crippen LogP) is 2.03. The van der Waals surface area contributed by atoms with Crippen molar-refractivity contribution >= 4 is 21.8 Å². The molecule has 2 amide bonds. The van der Waals surface area contributed by atoms with Gasteiger partial charge in [-0.05, 0) is 55.3 Å². The van der Waals surface area contributed by atoms with Crippen molar-refractivity contribution in [1.82, 2.24) is 14.9 Å². The van der Waals surface area contributed by atoms with Crippen molar-refractivity contribution in [3.63, 3.8) is 0 Å². The van der Waals surface area contributed by atoms with E-state index < -0.39 is 21.8 Å². The van der Waals surface area contributed by atoms with Crippen LogP contribution in [0.15, 0.2) is 47.4 Å². The minimum atomic E-state index is -3.83. The largest absolute Gasteiger partial charge is 0.299 e. The molecule has 8 heteroatoms. The van der Waals surface area contributed by atoms with Gasteiger partial charge in [0.15, 0.2) is 0 Å². The van der Waals surface area contributed by atoms with E-state index in [0.717, 1.165) is 30.8 Å². The maximum absolute atomic E-state index is 12.8. The van der Waals surface area contributed by atoms with Gasteiger partial charge < -0.3 is 0 Å². The molecular weight excluding hydrogens is 390 g/mol. The first kappa shape index (κ1) is 19.8. The maximum atomic E-state index is 12.8. The summed E-state index contributed by atoms with van der Waals surface area (Å²) in [5, 5.41) is 2.17. The van der Waals surface area contributed by atoms with Gasteiger partial charge in [0, 0.05) is 13.1 Å². The molecule has 2 aliphatic rings. The summed E-state index contributed by atoms with van der Waals surface area (Å²) in [5.41, 5.74) is 2.32. The molecule has 0 unspecified atom stereocenters. The van der Waals surface area contributed by atoms with Crippen LogP contribution < -0.4 is 10.0 Å². The Morgan fingerprint density at radius 1 is 0.897 bits per heavy atom. The number of hydrogen-bond donors (Lipinski definition) is 2. The van der Waals surface area contributed by atoms with Crippen LogP contribution in [0.1, 0.15) is 51.1 Å². The van der Waals surface area contributed by atoms with E-state index in [-0.39, 0.29) is 22.6 Å². The van der Waals surface area contributed by atoms with E-state index in [4.69, 9.17) is 0 Å². The molecule has 1 saturated heterocycles. The molecule has 1 fully saturated rings. The van der Waals surface area contributed by atoms with Crippen molar-refractivity contribution in [3.05, 3.63) is 64.7 Å². The van der Waals surface area contributed by atoms with Gasteiger partial charge in [-0.1, -0.05) is 30.7 Å². The summed E-state index contributed by atoms with van der Waals surface area (Å²) < 4.78 is 28.1. The summed E-state index contributed by atoms with van der Waals surface area (Å²) in [6, 6.07) is 11.8. The van der Waals surface area contributed by atoms with Crippen molar-refractivity contribution in [2.75, 3.05) is 13.1 Å². The molecule has 2 aromatic carbocycles. The monoisotopic (exact) mass is 413 g/mol. The first-order valence-electron chi connectivity index (χ1n) is 9.72. The quantitative estimate of drug-likeness (QED) is 0.707. The third-order valence-corrected chi connectivity index (χ3v) is 6.83. The molecule has 0 atom stereocenters. The van der Waals surface area contributed by atoms with E-state index in [1.807, 2.05) is 24.3 Å². The van der Waals surface area contributed by atoms with Gasteiger partial charge in [0.25, 0.3) is 11.8 Å². The average Bonchev–Trinajstić information content (AvgIpc) is 3.01. The molecule has 152 valence electrons. The summed E-state index contributed by atoms with van der Waals surface area (Å²) in [7, 11) is -3.83. The van der Waals surface area contributed by atoms with Crippen molar-refractivity contribution in [1.29, 1.82) is 0 Å². The van der Waals surface area contributed by atoms with Gasteiger partial charge in [0.05, 0.1) is 16.0 Å². The van der Waals surface area contributed by atoms with Gasteiger partial charge in [0.2, 0.25) is 10.0 Å². The highest BCUT2D eigenvalue weighted by Crippen LogP contribution is 2.21. The fourth-order valence-corrected chi connectivity index (χ4v) is 4.85. The molecule has 0 radical (unpaired) electrons. The molecule has 0 saturated carbocycles. The minimum Gasteiger partial charge on any atom is -0.299 e. The highest BCUT2D eigenvalue weighted by atomic mass is 32.2. The molecular formula is C21H23N3O4S. The maximum Gasteiger partial charge on any atom is 0.258 e. The van der Waals surface area contributed by atoms with Gasteiger partial charge in [0.1, 0.15) is 0 Å². The fraction of sp³-hybridized carbons (Fsp3) is 0.333. The highest BCUT2D eigenvalue weighted by Gasteiger charge is 2.28. The average molecular weight is 413 g/mol. The van der Waals surface area contributed by atoms with Crippen LogP contribution in [-0.4, -0.2) is 38.2 Å². The van der Waals surface area contributed by atoms with Crippen molar-refractivity contribution in [3.8, 4) is 0 Å². The Morgan fingerprint density at radius 3 is 2.34 bits per heavy atom. The third kappa shape index (κ3) is 4.24. The Hall–Kier alpha value is -2.55. The number of carbonyl (C=O) groups excluding carboxylic acids is 2. The van der Waals surface area contributed by atoms with Crippen molar-refractivity contribution in [2.45, 2.75) is 37.2 Å². The number of amides is 2. The summed E-state index contributed by atoms with van der Waals surface area (Å²) in [5.74, 6) is -1.08. The van der Waals surface area contributed by atoms with E-state index in [2.05, 4.69) is 14.9 Å². The van der Waals surface area contributed by atoms with Crippen LogP contribution in [0, 0.1) is 0 Å². The Morgan fingerprint density at radius 2 is 1.59 bits per heavy atom. The van der Waals surface area contributed by atoms with Crippen molar-refractivity contribution in [2.24, 2.45) is 0 Å². The van der Waals surface area contributed by atoms with Crippen molar-refractivity contribution < 1.29 is 18.0 Å². The smallest absolute Gasteiger partial charge is 0.258 e. The minimum absolute atomic E-state index is 0.0328. The molecule has 2 N–H and O–H groups in total. The number of nitrogens with one attached hydrogen (secondary N) is 2. The second kappa shape index (κ2) is 8.06. The number of imide groups is 1. The van der Waals surface area contributed by atoms with E-state index in [1.54, 1.807) is 0 Å². The Balaban J connectivity index is 1.50. The lowest BCUT2D eigenvalue weighted by Crippen LogP contribution is -2.30. The van der Waals surface area contributed by atoms with Gasteiger partial charge in [-0.2, -0.15) is 0 Å². The normalized spacial score (nSPS) is 17.2. The SMILES string of the molecule is O=C1NC(=O)c2cc(S(=O)(=O)NCc3ccccc3CN3CCCCC3)ccc21. The molecule has 0 bridgehead atoms. The molecule has 0 aromatic heterocycles. The van der Waals surface area contributed by atoms with E-state index >= 15 is 0 Å². The number of hydrogen-bond acceptors (Lipinski definition) is 5. The molecule has 7 nitrogen and oxygen atoms in total. The van der Waals surface area contributed by atoms with Crippen LogP contribution in [0.2, 0.25) is 0 Å². The number of carbonyl (C=O) groups is 2. The second-order valence-electron chi connectivity index (χ2n) is 7.42. The van der Waals surface area contributed by atoms with Crippen LogP contribution in [0.4, 0.5) is 0 Å². The number of sulfonamides is 1. The number of piperidine rings is 1. The van der Waals surface area contributed by atoms with Crippen LogP contribution in [-0.2, 0) is 23.1 Å². The van der Waals surface area contributed by atoms with Gasteiger partial charge in [-0.3, -0.25) is 19.8 Å². The third-order valence-electron chi connectivity index (χ3n) is 5.43. The number of nitrogens with zero attached hydrogens (tertiary/aromatic N) is 1. The molecule has 29 heavy (non-hydrogen) atoms. The van der Waals surface area contributed by atoms with Gasteiger partial charge >= 0.3 is 0 Å². The number of fused-ring (bicyclic) bond motifs is 1. The molecule has 2 heterocycles. The predicted molar refractivity (Wildman–Crippen MR) is 108 cm³/mol. The lowest BCUT2D eigenvalue weighted by molar-refractivity contribution is 0.0879. The summed E-state index contributed by atoms with van der Waals surface area (Å²) >= 11 is 0. The van der Waals surface area contributed by atoms with Gasteiger partial charge in [-0.25, -0.2) is 13.1 Å². The van der Waals surface area contributed by atoms with E-state index in [0.29, 0.717) is 0 Å².